The van der Waals surface area contributed by atoms with Crippen LogP contribution in [0.15, 0.2) is 29.3 Å². The number of benzene rings is 1. The fourth-order valence-electron chi connectivity index (χ4n) is 5.39. The predicted molar refractivity (Wildman–Crippen MR) is 100 cm³/mol. The molecule has 1 aromatic carbocycles. The van der Waals surface area contributed by atoms with Crippen LogP contribution in [0, 0.1) is 23.2 Å². The summed E-state index contributed by atoms with van der Waals surface area (Å²) in [5.41, 5.74) is 1.57. The number of hydrogen-bond donors (Lipinski definition) is 0. The van der Waals surface area contributed by atoms with Crippen molar-refractivity contribution in [3.8, 4) is 11.8 Å². The third kappa shape index (κ3) is 2.40. The number of fused-ring (bicyclic) bond motifs is 3. The average molecular weight is 372 g/mol. The Morgan fingerprint density at radius 3 is 2.69 bits per heavy atom. The predicted octanol–water partition coefficient (Wildman–Crippen LogP) is 3.12. The van der Waals surface area contributed by atoms with Crippen LogP contribution in [-0.4, -0.2) is 37.8 Å². The molecule has 4 rings (SSSR count). The molecule has 1 saturated heterocycles. The molecule has 0 N–H and O–H groups in total. The summed E-state index contributed by atoms with van der Waals surface area (Å²) in [4.78, 5) is 4.78. The SMILES string of the molecule is COc1ccccc1C1C(C#N)C(C)=NC2C3CCCCC3S(=O)(=O)C21. The van der Waals surface area contributed by atoms with Gasteiger partial charge in [-0.25, -0.2) is 8.42 Å². The highest BCUT2D eigenvalue weighted by molar-refractivity contribution is 7.93. The number of rotatable bonds is 2. The quantitative estimate of drug-likeness (QED) is 0.799. The van der Waals surface area contributed by atoms with E-state index in [1.165, 1.54) is 0 Å². The first-order valence-electron chi connectivity index (χ1n) is 9.30. The summed E-state index contributed by atoms with van der Waals surface area (Å²) in [6.07, 6.45) is 3.67. The van der Waals surface area contributed by atoms with Gasteiger partial charge in [-0.15, -0.1) is 0 Å². The van der Waals surface area contributed by atoms with Crippen molar-refractivity contribution < 1.29 is 13.2 Å². The summed E-state index contributed by atoms with van der Waals surface area (Å²) in [6.45, 7) is 1.87. The lowest BCUT2D eigenvalue weighted by Gasteiger charge is -2.36. The Hall–Kier alpha value is -1.87. The maximum Gasteiger partial charge on any atom is 0.159 e. The van der Waals surface area contributed by atoms with E-state index in [0.717, 1.165) is 37.0 Å². The van der Waals surface area contributed by atoms with Crippen molar-refractivity contribution in [1.29, 1.82) is 5.26 Å². The van der Waals surface area contributed by atoms with Gasteiger partial charge in [-0.05, 0) is 31.7 Å². The van der Waals surface area contributed by atoms with Crippen LogP contribution in [0.4, 0.5) is 0 Å². The Kier molecular flexibility index (Phi) is 4.31. The Balaban J connectivity index is 1.92. The second kappa shape index (κ2) is 6.38. The number of sulfone groups is 1. The monoisotopic (exact) mass is 372 g/mol. The molecule has 6 atom stereocenters. The van der Waals surface area contributed by atoms with Gasteiger partial charge < -0.3 is 4.74 Å². The molecular formula is C20H24N2O3S. The van der Waals surface area contributed by atoms with E-state index in [2.05, 4.69) is 6.07 Å². The fraction of sp³-hybridized carbons (Fsp3) is 0.600. The highest BCUT2D eigenvalue weighted by Crippen LogP contribution is 2.53. The number of nitrogens with zero attached hydrogens (tertiary/aromatic N) is 2. The molecule has 1 aromatic rings. The summed E-state index contributed by atoms with van der Waals surface area (Å²) >= 11 is 0. The molecule has 1 aliphatic carbocycles. The van der Waals surface area contributed by atoms with Crippen LogP contribution in [-0.2, 0) is 9.84 Å². The lowest BCUT2D eigenvalue weighted by molar-refractivity contribution is 0.310. The minimum atomic E-state index is -3.35. The molecule has 5 nitrogen and oxygen atoms in total. The first kappa shape index (κ1) is 17.5. The summed E-state index contributed by atoms with van der Waals surface area (Å²) in [5.74, 6) is -0.224. The van der Waals surface area contributed by atoms with Gasteiger partial charge in [-0.1, -0.05) is 31.0 Å². The number of nitriles is 1. The van der Waals surface area contributed by atoms with E-state index in [1.54, 1.807) is 7.11 Å². The number of methoxy groups -OCH3 is 1. The number of hydrogen-bond acceptors (Lipinski definition) is 5. The zero-order chi connectivity index (χ0) is 18.5. The van der Waals surface area contributed by atoms with Crippen molar-refractivity contribution in [2.24, 2.45) is 16.8 Å². The molecule has 0 spiro atoms. The molecule has 6 unspecified atom stereocenters. The van der Waals surface area contributed by atoms with Gasteiger partial charge >= 0.3 is 0 Å². The normalized spacial score (nSPS) is 37.8. The van der Waals surface area contributed by atoms with Crippen molar-refractivity contribution in [2.45, 2.75) is 55.1 Å². The summed E-state index contributed by atoms with van der Waals surface area (Å²) in [7, 11) is -1.76. The van der Waals surface area contributed by atoms with E-state index in [1.807, 2.05) is 31.2 Å². The molecule has 2 fully saturated rings. The average Bonchev–Trinajstić information content (AvgIpc) is 2.88. The third-order valence-electron chi connectivity index (χ3n) is 6.48. The van der Waals surface area contributed by atoms with Crippen LogP contribution in [0.25, 0.3) is 0 Å². The summed E-state index contributed by atoms with van der Waals surface area (Å²) < 4.78 is 32.5. The van der Waals surface area contributed by atoms with Crippen molar-refractivity contribution in [3.63, 3.8) is 0 Å². The first-order chi connectivity index (χ1) is 12.5. The van der Waals surface area contributed by atoms with E-state index in [0.29, 0.717) is 5.75 Å². The molecule has 6 heteroatoms. The van der Waals surface area contributed by atoms with E-state index < -0.39 is 26.9 Å². The smallest absolute Gasteiger partial charge is 0.159 e. The van der Waals surface area contributed by atoms with E-state index in [9.17, 15) is 13.7 Å². The van der Waals surface area contributed by atoms with Gasteiger partial charge in [0.05, 0.1) is 35.6 Å². The fourth-order valence-corrected chi connectivity index (χ4v) is 8.43. The molecule has 0 radical (unpaired) electrons. The van der Waals surface area contributed by atoms with E-state index in [-0.39, 0.29) is 17.2 Å². The number of aliphatic imine (C=N–C) groups is 1. The second-order valence-electron chi connectivity index (χ2n) is 7.68. The first-order valence-corrected chi connectivity index (χ1v) is 10.9. The van der Waals surface area contributed by atoms with Crippen LogP contribution >= 0.6 is 0 Å². The Bertz CT molecular complexity index is 887. The van der Waals surface area contributed by atoms with Crippen LogP contribution in [0.2, 0.25) is 0 Å². The minimum Gasteiger partial charge on any atom is -0.496 e. The standard InChI is InChI=1S/C20H24N2O3S/c1-12-15(11-21)18(13-7-3-5-9-16(13)25-2)20-19(22-12)14-8-4-6-10-17(14)26(20,23)24/h3,5,7,9,14-15,17-20H,4,6,8,10H2,1-2H3. The van der Waals surface area contributed by atoms with Gasteiger partial charge in [0.2, 0.25) is 0 Å². The summed E-state index contributed by atoms with van der Waals surface area (Å²) in [5, 5.41) is 8.91. The maximum absolute atomic E-state index is 13.5. The van der Waals surface area contributed by atoms with Gasteiger partial charge in [0.1, 0.15) is 5.75 Å². The van der Waals surface area contributed by atoms with Crippen LogP contribution in [0.1, 0.15) is 44.1 Å². The topological polar surface area (TPSA) is 79.5 Å². The van der Waals surface area contributed by atoms with Gasteiger partial charge in [-0.3, -0.25) is 4.99 Å². The number of ether oxygens (including phenoxy) is 1. The van der Waals surface area contributed by atoms with Gasteiger partial charge in [-0.2, -0.15) is 5.26 Å². The molecule has 26 heavy (non-hydrogen) atoms. The Morgan fingerprint density at radius 1 is 1.23 bits per heavy atom. The highest BCUT2D eigenvalue weighted by Gasteiger charge is 2.61. The van der Waals surface area contributed by atoms with Crippen LogP contribution in [0.3, 0.4) is 0 Å². The lowest BCUT2D eigenvalue weighted by atomic mass is 9.72. The van der Waals surface area contributed by atoms with Crippen molar-refractivity contribution in [1.82, 2.24) is 0 Å². The van der Waals surface area contributed by atoms with Crippen molar-refractivity contribution in [3.05, 3.63) is 29.8 Å². The lowest BCUT2D eigenvalue weighted by Crippen LogP contribution is -2.43. The molecule has 1 saturated carbocycles. The van der Waals surface area contributed by atoms with Crippen LogP contribution < -0.4 is 4.74 Å². The second-order valence-corrected chi connectivity index (χ2v) is 10.0. The third-order valence-corrected chi connectivity index (χ3v) is 9.24. The molecule has 0 amide bonds. The van der Waals surface area contributed by atoms with Crippen molar-refractivity contribution in [2.75, 3.05) is 7.11 Å². The van der Waals surface area contributed by atoms with Crippen LogP contribution in [0.5, 0.6) is 5.75 Å². The summed E-state index contributed by atoms with van der Waals surface area (Å²) in [6, 6.07) is 9.60. The molecule has 138 valence electrons. The molecule has 0 aromatic heterocycles. The highest BCUT2D eigenvalue weighted by atomic mass is 32.2. The van der Waals surface area contributed by atoms with Gasteiger partial charge in [0, 0.05) is 17.2 Å². The zero-order valence-electron chi connectivity index (χ0n) is 15.1. The molecular weight excluding hydrogens is 348 g/mol. The zero-order valence-corrected chi connectivity index (χ0v) is 15.9. The van der Waals surface area contributed by atoms with Gasteiger partial charge in [0.25, 0.3) is 0 Å². The van der Waals surface area contributed by atoms with E-state index in [4.69, 9.17) is 9.73 Å². The van der Waals surface area contributed by atoms with E-state index >= 15 is 0 Å². The molecule has 3 aliphatic rings. The number of para-hydroxylation sites is 1. The molecule has 2 heterocycles. The van der Waals surface area contributed by atoms with Gasteiger partial charge in [0.15, 0.2) is 9.84 Å². The minimum absolute atomic E-state index is 0.0885. The van der Waals surface area contributed by atoms with Crippen molar-refractivity contribution >= 4 is 15.5 Å². The Labute approximate surface area is 155 Å². The Morgan fingerprint density at radius 2 is 1.96 bits per heavy atom. The molecule has 2 aliphatic heterocycles. The maximum atomic E-state index is 13.5. The largest absolute Gasteiger partial charge is 0.496 e. The molecule has 0 bridgehead atoms.